The van der Waals surface area contributed by atoms with Gasteiger partial charge in [0.05, 0.1) is 21.9 Å². The number of hydrogen-bond donors (Lipinski definition) is 2. The molecule has 2 amide bonds. The maximum atomic E-state index is 12.0. The second kappa shape index (κ2) is 6.04. The number of aryl methyl sites for hydroxylation is 2. The van der Waals surface area contributed by atoms with Gasteiger partial charge in [0.25, 0.3) is 0 Å². The molecule has 2 aromatic rings. The summed E-state index contributed by atoms with van der Waals surface area (Å²) in [6.07, 6.45) is 5.15. The van der Waals surface area contributed by atoms with E-state index in [2.05, 4.69) is 36.6 Å². The zero-order valence-corrected chi connectivity index (χ0v) is 13.1. The number of anilines is 1. The Bertz CT molecular complexity index is 625. The van der Waals surface area contributed by atoms with Crippen LogP contribution in [-0.2, 0) is 7.05 Å². The molecular weight excluding hydrogens is 322 g/mol. The quantitative estimate of drug-likeness (QED) is 0.904. The number of carbonyl (C=O) groups excluding carboxylic acids is 1. The lowest BCUT2D eigenvalue weighted by atomic mass is 10.1. The molecule has 106 valence electrons. The first-order valence-electron chi connectivity index (χ1n) is 6.14. The molecule has 2 rings (SSSR count). The zero-order valence-electron chi connectivity index (χ0n) is 11.5. The first-order valence-corrected chi connectivity index (χ1v) is 6.94. The van der Waals surface area contributed by atoms with Crippen LogP contribution in [0.2, 0.25) is 0 Å². The number of amides is 2. The first-order chi connectivity index (χ1) is 9.47. The second-order valence-electron chi connectivity index (χ2n) is 4.52. The Morgan fingerprint density at radius 3 is 2.85 bits per heavy atom. The van der Waals surface area contributed by atoms with Gasteiger partial charge in [-0.25, -0.2) is 4.79 Å². The van der Waals surface area contributed by atoms with Crippen molar-refractivity contribution in [2.24, 2.45) is 7.05 Å². The third-order valence-electron chi connectivity index (χ3n) is 2.89. The van der Waals surface area contributed by atoms with Crippen molar-refractivity contribution >= 4 is 27.6 Å². The molecule has 0 aliphatic rings. The van der Waals surface area contributed by atoms with Crippen LogP contribution in [0.5, 0.6) is 0 Å². The van der Waals surface area contributed by atoms with Crippen LogP contribution in [0, 0.1) is 6.92 Å². The summed E-state index contributed by atoms with van der Waals surface area (Å²) in [4.78, 5) is 15.9. The Labute approximate surface area is 125 Å². The summed E-state index contributed by atoms with van der Waals surface area (Å²) < 4.78 is 2.47. The van der Waals surface area contributed by atoms with E-state index in [9.17, 15) is 4.79 Å². The largest absolute Gasteiger partial charge is 0.331 e. The highest BCUT2D eigenvalue weighted by atomic mass is 79.9. The number of pyridine rings is 1. The highest BCUT2D eigenvalue weighted by Gasteiger charge is 2.14. The van der Waals surface area contributed by atoms with E-state index >= 15 is 0 Å². The monoisotopic (exact) mass is 337 g/mol. The molecule has 2 N–H and O–H groups in total. The molecule has 20 heavy (non-hydrogen) atoms. The molecule has 0 aliphatic heterocycles. The zero-order chi connectivity index (χ0) is 14.7. The lowest BCUT2D eigenvalue weighted by molar-refractivity contribution is 0.249. The number of urea groups is 1. The molecule has 1 atom stereocenters. The molecule has 1 unspecified atom stereocenters. The number of halogens is 1. The molecule has 6 nitrogen and oxygen atoms in total. The van der Waals surface area contributed by atoms with Gasteiger partial charge in [-0.3, -0.25) is 9.67 Å². The third kappa shape index (κ3) is 3.36. The highest BCUT2D eigenvalue weighted by molar-refractivity contribution is 9.10. The Hall–Kier alpha value is -1.89. The normalized spacial score (nSPS) is 12.0. The van der Waals surface area contributed by atoms with E-state index < -0.39 is 0 Å². The van der Waals surface area contributed by atoms with Crippen molar-refractivity contribution in [2.75, 3.05) is 5.32 Å². The number of nitrogens with one attached hydrogen (secondary N) is 2. The minimum atomic E-state index is -0.271. The van der Waals surface area contributed by atoms with Gasteiger partial charge >= 0.3 is 6.03 Å². The smallest absolute Gasteiger partial charge is 0.319 e. The molecule has 0 saturated heterocycles. The van der Waals surface area contributed by atoms with Crippen molar-refractivity contribution in [3.63, 3.8) is 0 Å². The van der Waals surface area contributed by atoms with Crippen LogP contribution in [0.4, 0.5) is 10.5 Å². The van der Waals surface area contributed by atoms with Crippen LogP contribution < -0.4 is 10.6 Å². The molecule has 0 radical (unpaired) electrons. The number of aromatic nitrogens is 3. The van der Waals surface area contributed by atoms with E-state index in [0.717, 1.165) is 15.7 Å². The number of hydrogen-bond acceptors (Lipinski definition) is 3. The van der Waals surface area contributed by atoms with E-state index in [1.165, 1.54) is 0 Å². The maximum Gasteiger partial charge on any atom is 0.319 e. The van der Waals surface area contributed by atoms with Crippen molar-refractivity contribution in [2.45, 2.75) is 19.9 Å². The summed E-state index contributed by atoms with van der Waals surface area (Å²) in [6.45, 7) is 3.84. The van der Waals surface area contributed by atoms with Crippen molar-refractivity contribution in [3.05, 3.63) is 40.4 Å². The molecule has 0 fully saturated rings. The highest BCUT2D eigenvalue weighted by Crippen LogP contribution is 2.20. The standard InChI is InChI=1S/C13H16BrN5O/c1-8(10-7-19(3)18-9(10)2)16-13(20)17-12-4-5-15-6-11(12)14/h4-8H,1-3H3,(H2,15,16,17,20). The fourth-order valence-corrected chi connectivity index (χ4v) is 2.30. The molecule has 0 bridgehead atoms. The van der Waals surface area contributed by atoms with Gasteiger partial charge in [0.15, 0.2) is 0 Å². The van der Waals surface area contributed by atoms with Gasteiger partial charge in [0.1, 0.15) is 0 Å². The summed E-state index contributed by atoms with van der Waals surface area (Å²) in [5, 5.41) is 9.92. The molecular formula is C13H16BrN5O. The summed E-state index contributed by atoms with van der Waals surface area (Å²) >= 11 is 3.33. The van der Waals surface area contributed by atoms with E-state index in [1.807, 2.05) is 27.1 Å². The fourth-order valence-electron chi connectivity index (χ4n) is 1.95. The average molecular weight is 338 g/mol. The number of rotatable bonds is 3. The summed E-state index contributed by atoms with van der Waals surface area (Å²) in [5.41, 5.74) is 2.58. The lowest BCUT2D eigenvalue weighted by Gasteiger charge is -2.14. The Morgan fingerprint density at radius 2 is 2.25 bits per heavy atom. The predicted molar refractivity (Wildman–Crippen MR) is 80.5 cm³/mol. The molecule has 0 spiro atoms. The van der Waals surface area contributed by atoms with Crippen molar-refractivity contribution < 1.29 is 4.79 Å². The van der Waals surface area contributed by atoms with Gasteiger partial charge in [-0.1, -0.05) is 0 Å². The van der Waals surface area contributed by atoms with Gasteiger partial charge in [-0.05, 0) is 35.8 Å². The molecule has 0 aromatic carbocycles. The average Bonchev–Trinajstić information content (AvgIpc) is 2.71. The van der Waals surface area contributed by atoms with Gasteiger partial charge in [0, 0.05) is 31.2 Å². The van der Waals surface area contributed by atoms with Crippen molar-refractivity contribution in [3.8, 4) is 0 Å². The van der Waals surface area contributed by atoms with Crippen LogP contribution in [-0.4, -0.2) is 20.8 Å². The van der Waals surface area contributed by atoms with Crippen LogP contribution in [0.1, 0.15) is 24.2 Å². The van der Waals surface area contributed by atoms with Crippen LogP contribution in [0.3, 0.4) is 0 Å². The predicted octanol–water partition coefficient (Wildman–Crippen LogP) is 2.77. The van der Waals surface area contributed by atoms with Gasteiger partial charge in [-0.15, -0.1) is 0 Å². The van der Waals surface area contributed by atoms with Crippen LogP contribution in [0.25, 0.3) is 0 Å². The minimum absolute atomic E-state index is 0.121. The van der Waals surface area contributed by atoms with E-state index in [4.69, 9.17) is 0 Å². The summed E-state index contributed by atoms with van der Waals surface area (Å²) in [5.74, 6) is 0. The van der Waals surface area contributed by atoms with Crippen LogP contribution >= 0.6 is 15.9 Å². The minimum Gasteiger partial charge on any atom is -0.331 e. The Balaban J connectivity index is 2.01. The van der Waals surface area contributed by atoms with Gasteiger partial charge in [0.2, 0.25) is 0 Å². The first kappa shape index (κ1) is 14.5. The van der Waals surface area contributed by atoms with Crippen molar-refractivity contribution in [1.29, 1.82) is 0 Å². The molecule has 7 heteroatoms. The van der Waals surface area contributed by atoms with Gasteiger partial charge in [-0.2, -0.15) is 5.10 Å². The molecule has 2 heterocycles. The van der Waals surface area contributed by atoms with E-state index in [0.29, 0.717) is 5.69 Å². The van der Waals surface area contributed by atoms with E-state index in [-0.39, 0.29) is 12.1 Å². The molecule has 0 saturated carbocycles. The number of nitrogens with zero attached hydrogens (tertiary/aromatic N) is 3. The second-order valence-corrected chi connectivity index (χ2v) is 5.37. The third-order valence-corrected chi connectivity index (χ3v) is 3.52. The molecule has 2 aromatic heterocycles. The summed E-state index contributed by atoms with van der Waals surface area (Å²) in [6, 6.07) is 1.33. The SMILES string of the molecule is Cc1nn(C)cc1C(C)NC(=O)Nc1ccncc1Br. The van der Waals surface area contributed by atoms with Crippen molar-refractivity contribution in [1.82, 2.24) is 20.1 Å². The number of carbonyl (C=O) groups is 1. The Morgan fingerprint density at radius 1 is 1.50 bits per heavy atom. The maximum absolute atomic E-state index is 12.0. The van der Waals surface area contributed by atoms with Gasteiger partial charge < -0.3 is 10.6 Å². The van der Waals surface area contributed by atoms with Crippen LogP contribution in [0.15, 0.2) is 29.1 Å². The van der Waals surface area contributed by atoms with E-state index in [1.54, 1.807) is 23.1 Å². The summed E-state index contributed by atoms with van der Waals surface area (Å²) in [7, 11) is 1.86. The molecule has 0 aliphatic carbocycles. The Kier molecular flexibility index (Phi) is 4.39. The topological polar surface area (TPSA) is 71.8 Å². The fraction of sp³-hybridized carbons (Fsp3) is 0.308. The lowest BCUT2D eigenvalue weighted by Crippen LogP contribution is -2.31.